The maximum Gasteiger partial charge on any atom is 0.176 e. The highest BCUT2D eigenvalue weighted by Crippen LogP contribution is 2.06. The van der Waals surface area contributed by atoms with Gasteiger partial charge in [0.05, 0.1) is 6.54 Å². The van der Waals surface area contributed by atoms with Crippen LogP contribution in [0.2, 0.25) is 0 Å². The summed E-state index contributed by atoms with van der Waals surface area (Å²) in [4.78, 5) is 11.4. The molecule has 0 saturated heterocycles. The molecule has 0 heterocycles. The second kappa shape index (κ2) is 4.02. The van der Waals surface area contributed by atoms with E-state index < -0.39 is 0 Å². The number of nitrogens with one attached hydrogen (secondary N) is 1. The Hall–Kier alpha value is -1.15. The maximum atomic E-state index is 11.4. The molecule has 1 aromatic rings. The monoisotopic (exact) mass is 163 g/mol. The van der Waals surface area contributed by atoms with E-state index in [1.54, 1.807) is 7.05 Å². The SMILES string of the molecule is CNCC(=O)c1ccccc1C. The highest BCUT2D eigenvalue weighted by molar-refractivity contribution is 5.98. The molecule has 2 nitrogen and oxygen atoms in total. The Morgan fingerprint density at radius 2 is 2.08 bits per heavy atom. The minimum Gasteiger partial charge on any atom is -0.313 e. The lowest BCUT2D eigenvalue weighted by molar-refractivity contribution is 0.0993. The van der Waals surface area contributed by atoms with Crippen molar-refractivity contribution in [2.24, 2.45) is 0 Å². The van der Waals surface area contributed by atoms with E-state index in [0.717, 1.165) is 11.1 Å². The van der Waals surface area contributed by atoms with Crippen LogP contribution in [0.25, 0.3) is 0 Å². The summed E-state index contributed by atoms with van der Waals surface area (Å²) in [5.41, 5.74) is 1.85. The summed E-state index contributed by atoms with van der Waals surface area (Å²) in [6.07, 6.45) is 0. The van der Waals surface area contributed by atoms with Gasteiger partial charge in [-0.3, -0.25) is 4.79 Å². The number of carbonyl (C=O) groups excluding carboxylic acids is 1. The Labute approximate surface area is 72.6 Å². The lowest BCUT2D eigenvalue weighted by Crippen LogP contribution is -2.19. The molecular formula is C10H13NO. The number of carbonyl (C=O) groups is 1. The summed E-state index contributed by atoms with van der Waals surface area (Å²) in [6.45, 7) is 2.35. The fourth-order valence-electron chi connectivity index (χ4n) is 1.14. The van der Waals surface area contributed by atoms with Crippen molar-refractivity contribution < 1.29 is 4.79 Å². The van der Waals surface area contributed by atoms with Crippen molar-refractivity contribution in [1.82, 2.24) is 5.32 Å². The number of rotatable bonds is 3. The van der Waals surface area contributed by atoms with Crippen LogP contribution in [-0.4, -0.2) is 19.4 Å². The molecular weight excluding hydrogens is 150 g/mol. The summed E-state index contributed by atoms with van der Waals surface area (Å²) in [5.74, 6) is 0.149. The molecule has 0 aromatic heterocycles. The van der Waals surface area contributed by atoms with Gasteiger partial charge in [-0.15, -0.1) is 0 Å². The fraction of sp³-hybridized carbons (Fsp3) is 0.300. The molecule has 0 aliphatic rings. The van der Waals surface area contributed by atoms with E-state index in [-0.39, 0.29) is 5.78 Å². The molecule has 0 fully saturated rings. The first-order chi connectivity index (χ1) is 5.75. The zero-order valence-electron chi connectivity index (χ0n) is 7.42. The van der Waals surface area contributed by atoms with Gasteiger partial charge >= 0.3 is 0 Å². The summed E-state index contributed by atoms with van der Waals surface area (Å²) >= 11 is 0. The Morgan fingerprint density at radius 1 is 1.42 bits per heavy atom. The molecule has 2 heteroatoms. The molecule has 1 rings (SSSR count). The minimum absolute atomic E-state index is 0.149. The third kappa shape index (κ3) is 1.92. The van der Waals surface area contributed by atoms with Crippen LogP contribution < -0.4 is 5.32 Å². The standard InChI is InChI=1S/C10H13NO/c1-8-5-3-4-6-9(8)10(12)7-11-2/h3-6,11H,7H2,1-2H3. The Bertz CT molecular complexity index is 281. The molecule has 0 spiro atoms. The molecule has 0 aliphatic heterocycles. The number of hydrogen-bond acceptors (Lipinski definition) is 2. The molecule has 1 aromatic carbocycles. The molecule has 0 aliphatic carbocycles. The third-order valence-corrected chi connectivity index (χ3v) is 1.78. The smallest absolute Gasteiger partial charge is 0.176 e. The molecule has 0 atom stereocenters. The van der Waals surface area contributed by atoms with Gasteiger partial charge in [0.15, 0.2) is 5.78 Å². The van der Waals surface area contributed by atoms with Gasteiger partial charge in [-0.1, -0.05) is 24.3 Å². The summed E-state index contributed by atoms with van der Waals surface area (Å²) in [7, 11) is 1.77. The third-order valence-electron chi connectivity index (χ3n) is 1.78. The van der Waals surface area contributed by atoms with Crippen LogP contribution >= 0.6 is 0 Å². The van der Waals surface area contributed by atoms with Crippen LogP contribution in [0.1, 0.15) is 15.9 Å². The van der Waals surface area contributed by atoms with Crippen LogP contribution in [0.3, 0.4) is 0 Å². The molecule has 64 valence electrons. The van der Waals surface area contributed by atoms with E-state index in [4.69, 9.17) is 0 Å². The Kier molecular flexibility index (Phi) is 3.00. The molecule has 0 saturated carbocycles. The number of hydrogen-bond donors (Lipinski definition) is 1. The first-order valence-corrected chi connectivity index (χ1v) is 3.99. The summed E-state index contributed by atoms with van der Waals surface area (Å²) in [6, 6.07) is 7.62. The predicted molar refractivity (Wildman–Crippen MR) is 49.4 cm³/mol. The number of aryl methyl sites for hydroxylation is 1. The highest BCUT2D eigenvalue weighted by atomic mass is 16.1. The molecule has 0 unspecified atom stereocenters. The van der Waals surface area contributed by atoms with E-state index in [1.807, 2.05) is 31.2 Å². The van der Waals surface area contributed by atoms with Crippen LogP contribution in [-0.2, 0) is 0 Å². The van der Waals surface area contributed by atoms with E-state index in [1.165, 1.54) is 0 Å². The van der Waals surface area contributed by atoms with Crippen molar-refractivity contribution in [3.05, 3.63) is 35.4 Å². The normalized spacial score (nSPS) is 9.83. The lowest BCUT2D eigenvalue weighted by Gasteiger charge is -2.02. The zero-order valence-corrected chi connectivity index (χ0v) is 7.42. The molecule has 0 radical (unpaired) electrons. The van der Waals surface area contributed by atoms with Gasteiger partial charge in [0.1, 0.15) is 0 Å². The predicted octanol–water partition coefficient (Wildman–Crippen LogP) is 1.40. The fourth-order valence-corrected chi connectivity index (χ4v) is 1.14. The first-order valence-electron chi connectivity index (χ1n) is 3.99. The second-order valence-electron chi connectivity index (χ2n) is 2.77. The Morgan fingerprint density at radius 3 is 2.67 bits per heavy atom. The van der Waals surface area contributed by atoms with E-state index in [2.05, 4.69) is 5.32 Å². The summed E-state index contributed by atoms with van der Waals surface area (Å²) < 4.78 is 0. The summed E-state index contributed by atoms with van der Waals surface area (Å²) in [5, 5.41) is 2.84. The van der Waals surface area contributed by atoms with Crippen LogP contribution in [0.15, 0.2) is 24.3 Å². The van der Waals surface area contributed by atoms with Crippen molar-refractivity contribution in [1.29, 1.82) is 0 Å². The van der Waals surface area contributed by atoms with E-state index in [9.17, 15) is 4.79 Å². The van der Waals surface area contributed by atoms with Crippen LogP contribution in [0, 0.1) is 6.92 Å². The van der Waals surface area contributed by atoms with Gasteiger partial charge in [-0.05, 0) is 19.5 Å². The number of likely N-dealkylation sites (N-methyl/N-ethyl adjacent to an activating group) is 1. The van der Waals surface area contributed by atoms with Crippen molar-refractivity contribution in [2.75, 3.05) is 13.6 Å². The van der Waals surface area contributed by atoms with Crippen molar-refractivity contribution in [2.45, 2.75) is 6.92 Å². The van der Waals surface area contributed by atoms with Gasteiger partial charge in [-0.25, -0.2) is 0 Å². The van der Waals surface area contributed by atoms with Gasteiger partial charge in [0.25, 0.3) is 0 Å². The number of benzene rings is 1. The lowest BCUT2D eigenvalue weighted by atomic mass is 10.1. The van der Waals surface area contributed by atoms with Gasteiger partial charge in [-0.2, -0.15) is 0 Å². The highest BCUT2D eigenvalue weighted by Gasteiger charge is 2.05. The first kappa shape index (κ1) is 8.94. The topological polar surface area (TPSA) is 29.1 Å². The maximum absolute atomic E-state index is 11.4. The zero-order chi connectivity index (χ0) is 8.97. The quantitative estimate of drug-likeness (QED) is 0.682. The number of Topliss-reactive ketones (excluding diaryl/α,β-unsaturated/α-hetero) is 1. The van der Waals surface area contributed by atoms with Crippen molar-refractivity contribution >= 4 is 5.78 Å². The average Bonchev–Trinajstić information content (AvgIpc) is 2.05. The molecule has 0 bridgehead atoms. The van der Waals surface area contributed by atoms with Gasteiger partial charge < -0.3 is 5.32 Å². The number of ketones is 1. The van der Waals surface area contributed by atoms with Gasteiger partial charge in [0.2, 0.25) is 0 Å². The molecule has 12 heavy (non-hydrogen) atoms. The van der Waals surface area contributed by atoms with Crippen LogP contribution in [0.4, 0.5) is 0 Å². The Balaban J connectivity index is 2.87. The van der Waals surface area contributed by atoms with E-state index >= 15 is 0 Å². The van der Waals surface area contributed by atoms with E-state index in [0.29, 0.717) is 6.54 Å². The van der Waals surface area contributed by atoms with Crippen molar-refractivity contribution in [3.63, 3.8) is 0 Å². The minimum atomic E-state index is 0.149. The average molecular weight is 163 g/mol. The second-order valence-corrected chi connectivity index (χ2v) is 2.77. The molecule has 0 amide bonds. The molecule has 1 N–H and O–H groups in total. The van der Waals surface area contributed by atoms with Crippen LogP contribution in [0.5, 0.6) is 0 Å². The van der Waals surface area contributed by atoms with Crippen molar-refractivity contribution in [3.8, 4) is 0 Å². The largest absolute Gasteiger partial charge is 0.313 e. The van der Waals surface area contributed by atoms with Gasteiger partial charge in [0, 0.05) is 5.56 Å².